The molecule has 2 aromatic rings. The summed E-state index contributed by atoms with van der Waals surface area (Å²) >= 11 is 0. The number of hydrogen-bond acceptors (Lipinski definition) is 4. The number of benzene rings is 2. The molecule has 2 aromatic carbocycles. The van der Waals surface area contributed by atoms with Crippen LogP contribution in [0.4, 0.5) is 14.5 Å². The molecule has 0 fully saturated rings. The number of amides is 1. The lowest BCUT2D eigenvalue weighted by molar-refractivity contribution is -0.0512. The van der Waals surface area contributed by atoms with Gasteiger partial charge >= 0.3 is 6.61 Å². The van der Waals surface area contributed by atoms with Crippen molar-refractivity contribution in [3.63, 3.8) is 0 Å². The van der Waals surface area contributed by atoms with Crippen LogP contribution in [0.3, 0.4) is 0 Å². The lowest BCUT2D eigenvalue weighted by Gasteiger charge is -2.41. The molecule has 1 aliphatic heterocycles. The minimum Gasteiger partial charge on any atom is -0.493 e. The van der Waals surface area contributed by atoms with Gasteiger partial charge < -0.3 is 19.7 Å². The maximum atomic E-state index is 13.1. The van der Waals surface area contributed by atoms with Crippen molar-refractivity contribution in [2.45, 2.75) is 39.1 Å². The number of fused-ring (bicyclic) bond motifs is 1. The highest BCUT2D eigenvalue weighted by atomic mass is 19.3. The molecular formula is C20H22F2N2O3. The minimum atomic E-state index is -2.94. The Morgan fingerprint density at radius 3 is 2.59 bits per heavy atom. The number of ether oxygens (including phenoxy) is 2. The number of hydrogen-bond donors (Lipinski definition) is 1. The summed E-state index contributed by atoms with van der Waals surface area (Å²) in [4.78, 5) is 14.9. The summed E-state index contributed by atoms with van der Waals surface area (Å²) in [6.07, 6.45) is 0.326. The third kappa shape index (κ3) is 3.67. The number of anilines is 1. The normalized spacial score (nSPS) is 17.3. The van der Waals surface area contributed by atoms with E-state index in [9.17, 15) is 13.6 Å². The fraction of sp³-hybridized carbons (Fsp3) is 0.350. The van der Waals surface area contributed by atoms with Gasteiger partial charge in [0.1, 0.15) is 6.17 Å². The molecule has 1 aliphatic rings. The Morgan fingerprint density at radius 2 is 1.93 bits per heavy atom. The highest BCUT2D eigenvalue weighted by molar-refractivity contribution is 6.01. The number of nitrogens with zero attached hydrogens (tertiary/aromatic N) is 1. The lowest BCUT2D eigenvalue weighted by atomic mass is 10.0. The maximum Gasteiger partial charge on any atom is 0.387 e. The first kappa shape index (κ1) is 18.9. The van der Waals surface area contributed by atoms with E-state index in [0.29, 0.717) is 5.56 Å². The topological polar surface area (TPSA) is 50.8 Å². The first-order valence-electron chi connectivity index (χ1n) is 8.77. The molecule has 27 heavy (non-hydrogen) atoms. The van der Waals surface area contributed by atoms with Crippen molar-refractivity contribution in [3.05, 3.63) is 53.6 Å². The van der Waals surface area contributed by atoms with Crippen molar-refractivity contribution in [3.8, 4) is 11.5 Å². The van der Waals surface area contributed by atoms with Crippen molar-refractivity contribution in [2.75, 3.05) is 12.4 Å². The van der Waals surface area contributed by atoms with Crippen LogP contribution in [0, 0.1) is 0 Å². The van der Waals surface area contributed by atoms with Gasteiger partial charge in [-0.05, 0) is 43.2 Å². The van der Waals surface area contributed by atoms with Crippen LogP contribution in [0.25, 0.3) is 0 Å². The molecule has 0 saturated carbocycles. The summed E-state index contributed by atoms with van der Waals surface area (Å²) in [5.41, 5.74) is 2.06. The van der Waals surface area contributed by atoms with E-state index < -0.39 is 12.8 Å². The van der Waals surface area contributed by atoms with Crippen molar-refractivity contribution in [1.82, 2.24) is 4.90 Å². The van der Waals surface area contributed by atoms with E-state index in [1.807, 2.05) is 32.0 Å². The largest absolute Gasteiger partial charge is 0.493 e. The van der Waals surface area contributed by atoms with Crippen molar-refractivity contribution >= 4 is 11.6 Å². The predicted octanol–water partition coefficient (Wildman–Crippen LogP) is 4.66. The van der Waals surface area contributed by atoms with E-state index >= 15 is 0 Å². The van der Waals surface area contributed by atoms with E-state index in [4.69, 9.17) is 4.74 Å². The molecule has 3 rings (SSSR count). The third-order valence-electron chi connectivity index (χ3n) is 4.75. The van der Waals surface area contributed by atoms with Gasteiger partial charge in [0.2, 0.25) is 0 Å². The summed E-state index contributed by atoms with van der Waals surface area (Å²) in [6, 6.07) is 12.0. The number of carbonyl (C=O) groups excluding carboxylic acids is 1. The molecule has 2 atom stereocenters. The number of halogens is 2. The van der Waals surface area contributed by atoms with Crippen molar-refractivity contribution < 1.29 is 23.0 Å². The predicted molar refractivity (Wildman–Crippen MR) is 98.4 cm³/mol. The second-order valence-corrected chi connectivity index (χ2v) is 6.35. The highest BCUT2D eigenvalue weighted by Gasteiger charge is 2.35. The molecule has 1 heterocycles. The summed E-state index contributed by atoms with van der Waals surface area (Å²) < 4.78 is 34.9. The second-order valence-electron chi connectivity index (χ2n) is 6.35. The van der Waals surface area contributed by atoms with Crippen LogP contribution in [0.1, 0.15) is 42.4 Å². The highest BCUT2D eigenvalue weighted by Crippen LogP contribution is 2.38. The zero-order valence-electron chi connectivity index (χ0n) is 15.4. The Bertz CT molecular complexity index is 829. The Hall–Kier alpha value is -2.83. The molecule has 0 spiro atoms. The zero-order valence-corrected chi connectivity index (χ0v) is 15.4. The Kier molecular flexibility index (Phi) is 5.48. The quantitative estimate of drug-likeness (QED) is 0.797. The Morgan fingerprint density at radius 1 is 1.19 bits per heavy atom. The first-order valence-corrected chi connectivity index (χ1v) is 8.77. The molecule has 7 heteroatoms. The molecule has 0 aromatic heterocycles. The Balaban J connectivity index is 2.04. The smallest absolute Gasteiger partial charge is 0.387 e. The van der Waals surface area contributed by atoms with Crippen LogP contribution in [0.5, 0.6) is 11.5 Å². The third-order valence-corrected chi connectivity index (χ3v) is 4.75. The SMILES string of the molecule is CC[C@H](C)N1C(=O)c2ccccc2N[C@H]1c1ccc(OC(F)F)c(OC)c1. The monoisotopic (exact) mass is 376 g/mol. The number of nitrogens with one attached hydrogen (secondary N) is 1. The van der Waals surface area contributed by atoms with E-state index in [2.05, 4.69) is 10.1 Å². The van der Waals surface area contributed by atoms with Crippen LogP contribution < -0.4 is 14.8 Å². The van der Waals surface area contributed by atoms with Gasteiger partial charge in [0.25, 0.3) is 5.91 Å². The summed E-state index contributed by atoms with van der Waals surface area (Å²) in [5, 5.41) is 3.38. The van der Waals surface area contributed by atoms with Crippen LogP contribution >= 0.6 is 0 Å². The van der Waals surface area contributed by atoms with Gasteiger partial charge in [-0.1, -0.05) is 25.1 Å². The van der Waals surface area contributed by atoms with Gasteiger partial charge in [0.15, 0.2) is 11.5 Å². The maximum absolute atomic E-state index is 13.1. The summed E-state index contributed by atoms with van der Waals surface area (Å²) in [5.74, 6) is 0.0643. The van der Waals surface area contributed by atoms with Crippen LogP contribution in [0.15, 0.2) is 42.5 Å². The average molecular weight is 376 g/mol. The number of rotatable bonds is 6. The Labute approximate surface area is 156 Å². The van der Waals surface area contributed by atoms with Gasteiger partial charge in [-0.2, -0.15) is 8.78 Å². The first-order chi connectivity index (χ1) is 13.0. The van der Waals surface area contributed by atoms with E-state index in [0.717, 1.165) is 17.7 Å². The average Bonchev–Trinajstić information content (AvgIpc) is 2.67. The molecule has 1 N–H and O–H groups in total. The number of alkyl halides is 2. The molecule has 0 aliphatic carbocycles. The molecular weight excluding hydrogens is 354 g/mol. The summed E-state index contributed by atoms with van der Waals surface area (Å²) in [7, 11) is 1.39. The molecule has 1 amide bonds. The van der Waals surface area contributed by atoms with Crippen LogP contribution in [0.2, 0.25) is 0 Å². The van der Waals surface area contributed by atoms with Crippen molar-refractivity contribution in [2.24, 2.45) is 0 Å². The molecule has 0 radical (unpaired) electrons. The lowest BCUT2D eigenvalue weighted by Crippen LogP contribution is -2.47. The number of para-hydroxylation sites is 1. The van der Waals surface area contributed by atoms with Crippen LogP contribution in [-0.2, 0) is 0 Å². The molecule has 5 nitrogen and oxygen atoms in total. The second kappa shape index (κ2) is 7.82. The number of methoxy groups -OCH3 is 1. The fourth-order valence-electron chi connectivity index (χ4n) is 3.21. The fourth-order valence-corrected chi connectivity index (χ4v) is 3.21. The summed E-state index contributed by atoms with van der Waals surface area (Å²) in [6.45, 7) is 1.05. The van der Waals surface area contributed by atoms with Gasteiger partial charge in [-0.3, -0.25) is 4.79 Å². The molecule has 144 valence electrons. The van der Waals surface area contributed by atoms with Gasteiger partial charge in [0.05, 0.1) is 12.7 Å². The number of carbonyl (C=O) groups is 1. The standard InChI is InChI=1S/C20H22F2N2O3/c1-4-12(2)24-18(23-15-8-6-5-7-14(15)19(24)25)13-9-10-16(27-20(21)22)17(11-13)26-3/h5-12,18,20,23H,4H2,1-3H3/t12-,18+/m0/s1. The zero-order chi connectivity index (χ0) is 19.6. The van der Waals surface area contributed by atoms with Gasteiger partial charge in [-0.25, -0.2) is 0 Å². The van der Waals surface area contributed by atoms with Gasteiger partial charge in [0, 0.05) is 11.7 Å². The van der Waals surface area contributed by atoms with Crippen molar-refractivity contribution in [1.29, 1.82) is 0 Å². The van der Waals surface area contributed by atoms with E-state index in [1.54, 1.807) is 23.1 Å². The van der Waals surface area contributed by atoms with E-state index in [1.165, 1.54) is 13.2 Å². The molecule has 0 saturated heterocycles. The van der Waals surface area contributed by atoms with E-state index in [-0.39, 0.29) is 23.4 Å². The molecule has 0 bridgehead atoms. The van der Waals surface area contributed by atoms with Gasteiger partial charge in [-0.15, -0.1) is 0 Å². The molecule has 0 unspecified atom stereocenters. The van der Waals surface area contributed by atoms with Crippen LogP contribution in [-0.4, -0.2) is 30.6 Å². The minimum absolute atomic E-state index is 0.0219.